The van der Waals surface area contributed by atoms with E-state index in [0.29, 0.717) is 54.1 Å². The van der Waals surface area contributed by atoms with Gasteiger partial charge in [0.15, 0.2) is 0 Å². The Bertz CT molecular complexity index is 3020. The van der Waals surface area contributed by atoms with Crippen LogP contribution >= 0.6 is 22.7 Å². The predicted octanol–water partition coefficient (Wildman–Crippen LogP) is 9.60. The minimum absolute atomic E-state index is 0.0235. The molecule has 0 saturated heterocycles. The summed E-state index contributed by atoms with van der Waals surface area (Å²) in [6, 6.07) is 20.4. The first-order valence-corrected chi connectivity index (χ1v) is 23.2. The normalized spacial score (nSPS) is 11.8. The second-order valence-electron chi connectivity index (χ2n) is 14.1. The van der Waals surface area contributed by atoms with Crippen molar-refractivity contribution in [2.24, 2.45) is 0 Å². The highest BCUT2D eigenvalue weighted by molar-refractivity contribution is 7.92. The lowest BCUT2D eigenvalue weighted by molar-refractivity contribution is -0.138. The van der Waals surface area contributed by atoms with Crippen molar-refractivity contribution in [3.8, 4) is 0 Å². The maximum absolute atomic E-state index is 14.0. The van der Waals surface area contributed by atoms with Crippen LogP contribution < -0.4 is 0 Å². The molecule has 0 atom stereocenters. The number of aromatic nitrogens is 2. The summed E-state index contributed by atoms with van der Waals surface area (Å²) in [6.07, 6.45) is 0.373. The number of carbonyl (C=O) groups is 2. The molecular formula is C44H34F4N2O8S4. The van der Waals surface area contributed by atoms with Gasteiger partial charge in [-0.3, -0.25) is 9.59 Å². The standard InChI is InChI=1S/2C22H17F2NO4S2/c2*1-13-17(18-10-15(24)4-7-19(18)25(13)12-22(26)27)11-20-21(8-9-30-20)31(28,29)16-5-2-14(23)3-6-16/h2*2-10H,11-12H2,1H3,(H,26,27). The van der Waals surface area contributed by atoms with E-state index in [2.05, 4.69) is 0 Å². The van der Waals surface area contributed by atoms with Crippen molar-refractivity contribution < 1.29 is 54.2 Å². The minimum atomic E-state index is -3.88. The molecule has 0 spiro atoms. The quantitative estimate of drug-likeness (QED) is 0.0908. The van der Waals surface area contributed by atoms with Crippen LogP contribution in [0.2, 0.25) is 0 Å². The van der Waals surface area contributed by atoms with Gasteiger partial charge >= 0.3 is 11.9 Å². The van der Waals surface area contributed by atoms with Crippen LogP contribution in [-0.2, 0) is 55.2 Å². The summed E-state index contributed by atoms with van der Waals surface area (Å²) < 4.78 is 110. The van der Waals surface area contributed by atoms with E-state index >= 15 is 0 Å². The summed E-state index contributed by atoms with van der Waals surface area (Å²) in [4.78, 5) is 23.9. The summed E-state index contributed by atoms with van der Waals surface area (Å²) in [5.41, 5.74) is 3.71. The number of rotatable bonds is 12. The monoisotopic (exact) mass is 922 g/mol. The number of hydrogen-bond donors (Lipinski definition) is 2. The Kier molecular flexibility index (Phi) is 12.3. The number of carboxylic acids is 2. The fourth-order valence-corrected chi connectivity index (χ4v) is 12.8. The molecule has 8 rings (SSSR count). The number of benzene rings is 4. The van der Waals surface area contributed by atoms with Crippen LogP contribution in [0.4, 0.5) is 17.6 Å². The minimum Gasteiger partial charge on any atom is -0.480 e. The van der Waals surface area contributed by atoms with Gasteiger partial charge in [-0.1, -0.05) is 0 Å². The average Bonchev–Trinajstić information content (AvgIpc) is 4.00. The van der Waals surface area contributed by atoms with Crippen LogP contribution in [0.25, 0.3) is 21.8 Å². The number of carboxylic acid groups (broad SMARTS) is 2. The van der Waals surface area contributed by atoms with Crippen LogP contribution in [0.15, 0.2) is 127 Å². The van der Waals surface area contributed by atoms with E-state index in [1.54, 1.807) is 33.7 Å². The molecular weight excluding hydrogens is 889 g/mol. The van der Waals surface area contributed by atoms with Crippen LogP contribution in [0, 0.1) is 37.1 Å². The Balaban J connectivity index is 0.000000186. The van der Waals surface area contributed by atoms with E-state index < -0.39 is 54.9 Å². The topological polar surface area (TPSA) is 153 Å². The fraction of sp³-hybridized carbons (Fsp3) is 0.136. The van der Waals surface area contributed by atoms with Gasteiger partial charge in [0.25, 0.3) is 0 Å². The van der Waals surface area contributed by atoms with Gasteiger partial charge in [0.1, 0.15) is 36.4 Å². The van der Waals surface area contributed by atoms with E-state index in [-0.39, 0.29) is 45.5 Å². The van der Waals surface area contributed by atoms with Crippen LogP contribution in [0.3, 0.4) is 0 Å². The number of sulfone groups is 2. The maximum atomic E-state index is 14.0. The Morgan fingerprint density at radius 3 is 1.21 bits per heavy atom. The SMILES string of the molecule is Cc1c(Cc2sccc2S(=O)(=O)c2ccc(F)cc2)c2cc(F)ccc2n1CC(=O)O.Cc1c(Cc2sccc2S(=O)(=O)c2ccc(F)cc2)c2cc(F)ccc2n1CC(=O)O. The highest BCUT2D eigenvalue weighted by atomic mass is 32.2. The first-order chi connectivity index (χ1) is 29.4. The molecule has 4 heterocycles. The summed E-state index contributed by atoms with van der Waals surface area (Å²) in [5, 5.41) is 22.9. The third-order valence-corrected chi connectivity index (χ3v) is 16.1. The zero-order valence-electron chi connectivity index (χ0n) is 32.6. The van der Waals surface area contributed by atoms with Gasteiger partial charge in [0.05, 0.1) is 19.6 Å². The second-order valence-corrected chi connectivity index (χ2v) is 19.9. The van der Waals surface area contributed by atoms with Crippen molar-refractivity contribution in [2.75, 3.05) is 0 Å². The molecule has 8 aromatic rings. The smallest absolute Gasteiger partial charge is 0.323 e. The second kappa shape index (κ2) is 17.4. The van der Waals surface area contributed by atoms with Crippen LogP contribution in [0.1, 0.15) is 32.3 Å². The summed E-state index contributed by atoms with van der Waals surface area (Å²) >= 11 is 2.48. The molecule has 0 aliphatic heterocycles. The molecule has 0 radical (unpaired) electrons. The molecule has 2 N–H and O–H groups in total. The molecule has 0 aliphatic carbocycles. The fourth-order valence-electron chi connectivity index (χ4n) is 7.37. The van der Waals surface area contributed by atoms with E-state index in [1.165, 1.54) is 95.5 Å². The molecule has 62 heavy (non-hydrogen) atoms. The molecule has 0 fully saturated rings. The molecule has 10 nitrogen and oxygen atoms in total. The number of nitrogens with zero attached hydrogens (tertiary/aromatic N) is 2. The Labute approximate surface area is 360 Å². The lowest BCUT2D eigenvalue weighted by Gasteiger charge is -2.08. The van der Waals surface area contributed by atoms with Crippen molar-refractivity contribution in [3.63, 3.8) is 0 Å². The molecule has 18 heteroatoms. The van der Waals surface area contributed by atoms with Crippen LogP contribution in [0.5, 0.6) is 0 Å². The summed E-state index contributed by atoms with van der Waals surface area (Å²) in [6.45, 7) is 2.88. The average molecular weight is 923 g/mol. The molecule has 0 saturated carbocycles. The third kappa shape index (κ3) is 8.68. The van der Waals surface area contributed by atoms with E-state index in [9.17, 15) is 54.2 Å². The lowest BCUT2D eigenvalue weighted by Crippen LogP contribution is -2.10. The van der Waals surface area contributed by atoms with E-state index in [4.69, 9.17) is 0 Å². The number of halogens is 4. The number of thiophene rings is 2. The summed E-state index contributed by atoms with van der Waals surface area (Å²) in [7, 11) is -7.76. The highest BCUT2D eigenvalue weighted by Gasteiger charge is 2.27. The Morgan fingerprint density at radius 1 is 0.532 bits per heavy atom. The van der Waals surface area contributed by atoms with Gasteiger partial charge in [-0.25, -0.2) is 34.4 Å². The van der Waals surface area contributed by atoms with Crippen molar-refractivity contribution in [2.45, 2.75) is 59.4 Å². The Morgan fingerprint density at radius 2 is 0.871 bits per heavy atom. The summed E-state index contributed by atoms with van der Waals surface area (Å²) in [5.74, 6) is -4.07. The predicted molar refractivity (Wildman–Crippen MR) is 226 cm³/mol. The van der Waals surface area contributed by atoms with Crippen molar-refractivity contribution >= 4 is 76.1 Å². The molecule has 320 valence electrons. The number of aliphatic carboxylic acids is 2. The van der Waals surface area contributed by atoms with Gasteiger partial charge < -0.3 is 19.3 Å². The molecule has 0 aliphatic rings. The molecule has 0 bridgehead atoms. The largest absolute Gasteiger partial charge is 0.480 e. The van der Waals surface area contributed by atoms with E-state index in [1.807, 2.05) is 0 Å². The number of fused-ring (bicyclic) bond motifs is 2. The Hall–Kier alpha value is -6.08. The first kappa shape index (κ1) is 44.0. The zero-order chi connectivity index (χ0) is 44.7. The lowest BCUT2D eigenvalue weighted by atomic mass is 10.1. The van der Waals surface area contributed by atoms with Crippen molar-refractivity contribution in [1.82, 2.24) is 9.13 Å². The highest BCUT2D eigenvalue weighted by Crippen LogP contribution is 2.36. The third-order valence-electron chi connectivity index (χ3n) is 10.3. The van der Waals surface area contributed by atoms with Crippen LogP contribution in [-0.4, -0.2) is 48.1 Å². The van der Waals surface area contributed by atoms with Gasteiger partial charge in [0.2, 0.25) is 19.7 Å². The van der Waals surface area contributed by atoms with E-state index in [0.717, 1.165) is 24.3 Å². The zero-order valence-corrected chi connectivity index (χ0v) is 35.9. The van der Waals surface area contributed by atoms with Crippen molar-refractivity contribution in [3.05, 3.63) is 163 Å². The number of hydrogen-bond acceptors (Lipinski definition) is 8. The van der Waals surface area contributed by atoms with Gasteiger partial charge in [-0.05, 0) is 133 Å². The molecule has 4 aromatic carbocycles. The maximum Gasteiger partial charge on any atom is 0.323 e. The van der Waals surface area contributed by atoms with Gasteiger partial charge in [-0.15, -0.1) is 22.7 Å². The molecule has 0 amide bonds. The molecule has 0 unspecified atom stereocenters. The van der Waals surface area contributed by atoms with Crippen molar-refractivity contribution in [1.29, 1.82) is 0 Å². The van der Waals surface area contributed by atoms with Gasteiger partial charge in [0, 0.05) is 55.8 Å². The van der Waals surface area contributed by atoms with Gasteiger partial charge in [-0.2, -0.15) is 0 Å². The molecule has 4 aromatic heterocycles. The first-order valence-electron chi connectivity index (χ1n) is 18.5.